The summed E-state index contributed by atoms with van der Waals surface area (Å²) in [5.74, 6) is 2.26. The average Bonchev–Trinajstić information content (AvgIpc) is 2.33. The molecule has 0 saturated heterocycles. The highest BCUT2D eigenvalue weighted by Gasteiger charge is 2.00. The molecule has 0 amide bonds. The fourth-order valence-corrected chi connectivity index (χ4v) is 2.05. The Balaban J connectivity index is 3.84. The van der Waals surface area contributed by atoms with Gasteiger partial charge in [-0.3, -0.25) is 9.71 Å². The molecule has 0 aromatic rings. The van der Waals surface area contributed by atoms with Gasteiger partial charge in [-0.2, -0.15) is 0 Å². The Kier molecular flexibility index (Phi) is 10.4. The van der Waals surface area contributed by atoms with Crippen LogP contribution >= 0.6 is 11.9 Å². The summed E-state index contributed by atoms with van der Waals surface area (Å²) >= 11 is 1.76. The van der Waals surface area contributed by atoms with Crippen LogP contribution in [0, 0.1) is 0 Å². The van der Waals surface area contributed by atoms with E-state index in [-0.39, 0.29) is 0 Å². The first-order valence-corrected chi connectivity index (χ1v) is 7.41. The quantitative estimate of drug-likeness (QED) is 0.226. The molecule has 0 rings (SSSR count). The number of nitrogens with one attached hydrogen (secondary N) is 1. The Morgan fingerprint density at radius 2 is 1.94 bits per heavy atom. The molecule has 0 aliphatic rings. The molecule has 0 unspecified atom stereocenters. The predicted octanol–water partition coefficient (Wildman–Crippen LogP) is 2.95. The monoisotopic (exact) mass is 257 g/mol. The zero-order valence-electron chi connectivity index (χ0n) is 11.8. The molecule has 0 spiro atoms. The predicted molar refractivity (Wildman–Crippen MR) is 80.8 cm³/mol. The number of nitrogens with zero attached hydrogens (tertiary/aromatic N) is 2. The second kappa shape index (κ2) is 10.7. The Bertz CT molecular complexity index is 235. The summed E-state index contributed by atoms with van der Waals surface area (Å²) < 4.78 is 3.30. The lowest BCUT2D eigenvalue weighted by Crippen LogP contribution is -2.28. The van der Waals surface area contributed by atoms with Crippen molar-refractivity contribution >= 4 is 17.8 Å². The van der Waals surface area contributed by atoms with Crippen LogP contribution < -0.4 is 4.72 Å². The summed E-state index contributed by atoms with van der Waals surface area (Å²) in [5.41, 5.74) is 1.14. The highest BCUT2D eigenvalue weighted by atomic mass is 32.2. The molecule has 0 aromatic carbocycles. The first-order valence-electron chi connectivity index (χ1n) is 6.42. The van der Waals surface area contributed by atoms with Crippen LogP contribution in [0.1, 0.15) is 34.1 Å². The van der Waals surface area contributed by atoms with Crippen molar-refractivity contribution in [3.05, 3.63) is 12.2 Å². The molecule has 0 radical (unpaired) electrons. The van der Waals surface area contributed by atoms with Crippen LogP contribution in [0.5, 0.6) is 0 Å². The number of hydrogen-bond acceptors (Lipinski definition) is 3. The first kappa shape index (κ1) is 16.5. The molecule has 0 aliphatic heterocycles. The first-order chi connectivity index (χ1) is 8.15. The molecule has 0 fully saturated rings. The molecule has 0 aliphatic carbocycles. The zero-order valence-corrected chi connectivity index (χ0v) is 12.6. The van der Waals surface area contributed by atoms with Gasteiger partial charge in [0.25, 0.3) is 0 Å². The summed E-state index contributed by atoms with van der Waals surface area (Å²) in [7, 11) is 0. The van der Waals surface area contributed by atoms with Gasteiger partial charge in [-0.25, -0.2) is 0 Å². The van der Waals surface area contributed by atoms with Crippen LogP contribution in [-0.2, 0) is 0 Å². The van der Waals surface area contributed by atoms with E-state index < -0.39 is 0 Å². The van der Waals surface area contributed by atoms with E-state index in [1.54, 1.807) is 11.9 Å². The van der Waals surface area contributed by atoms with Crippen molar-refractivity contribution in [2.24, 2.45) is 4.99 Å². The van der Waals surface area contributed by atoms with Gasteiger partial charge in [-0.05, 0) is 32.8 Å². The molecular formula is C13H27N3S. The number of rotatable bonds is 9. The van der Waals surface area contributed by atoms with Gasteiger partial charge in [0, 0.05) is 25.4 Å². The summed E-state index contributed by atoms with van der Waals surface area (Å²) in [6.45, 7) is 16.2. The lowest BCUT2D eigenvalue weighted by Gasteiger charge is -2.20. The van der Waals surface area contributed by atoms with Gasteiger partial charge >= 0.3 is 0 Å². The minimum absolute atomic E-state index is 0.724. The summed E-state index contributed by atoms with van der Waals surface area (Å²) in [5, 5.41) is 0. The third-order valence-electron chi connectivity index (χ3n) is 2.48. The van der Waals surface area contributed by atoms with E-state index in [2.05, 4.69) is 48.9 Å². The molecule has 100 valence electrons. The van der Waals surface area contributed by atoms with Crippen molar-refractivity contribution in [3.63, 3.8) is 0 Å². The van der Waals surface area contributed by atoms with Crippen molar-refractivity contribution in [3.8, 4) is 0 Å². The molecule has 0 atom stereocenters. The Morgan fingerprint density at radius 3 is 2.47 bits per heavy atom. The SMILES string of the molecule is C=C(CN=C(C)N(CC)CC)CNSCCC. The third kappa shape index (κ3) is 8.27. The second-order valence-corrected chi connectivity index (χ2v) is 4.94. The van der Waals surface area contributed by atoms with E-state index >= 15 is 0 Å². The molecule has 17 heavy (non-hydrogen) atoms. The van der Waals surface area contributed by atoms with E-state index in [1.807, 2.05) is 0 Å². The van der Waals surface area contributed by atoms with Gasteiger partial charge in [0.2, 0.25) is 0 Å². The van der Waals surface area contributed by atoms with E-state index in [0.717, 1.165) is 43.3 Å². The topological polar surface area (TPSA) is 27.6 Å². The van der Waals surface area contributed by atoms with Crippen molar-refractivity contribution in [2.45, 2.75) is 34.1 Å². The van der Waals surface area contributed by atoms with Crippen molar-refractivity contribution in [2.75, 3.05) is 31.9 Å². The smallest absolute Gasteiger partial charge is 0.0961 e. The normalized spacial score (nSPS) is 11.6. The van der Waals surface area contributed by atoms with Gasteiger partial charge in [0.05, 0.1) is 12.4 Å². The van der Waals surface area contributed by atoms with Crippen LogP contribution in [-0.4, -0.2) is 42.7 Å². The lowest BCUT2D eigenvalue weighted by molar-refractivity contribution is 0.461. The highest BCUT2D eigenvalue weighted by Crippen LogP contribution is 1.99. The summed E-state index contributed by atoms with van der Waals surface area (Å²) in [6.07, 6.45) is 1.20. The molecule has 0 heterocycles. The van der Waals surface area contributed by atoms with Crippen LogP contribution in [0.15, 0.2) is 17.1 Å². The minimum Gasteiger partial charge on any atom is -0.361 e. The zero-order chi connectivity index (χ0) is 13.1. The van der Waals surface area contributed by atoms with Gasteiger partial charge in [-0.1, -0.05) is 25.5 Å². The molecule has 4 heteroatoms. The molecular weight excluding hydrogens is 230 g/mol. The van der Waals surface area contributed by atoms with Crippen LogP contribution in [0.2, 0.25) is 0 Å². The van der Waals surface area contributed by atoms with Crippen LogP contribution in [0.4, 0.5) is 0 Å². The summed E-state index contributed by atoms with van der Waals surface area (Å²) in [4.78, 5) is 6.82. The number of aliphatic imine (C=N–C) groups is 1. The van der Waals surface area contributed by atoms with Gasteiger partial charge in [0.1, 0.15) is 0 Å². The fraction of sp³-hybridized carbons (Fsp3) is 0.769. The Morgan fingerprint density at radius 1 is 1.29 bits per heavy atom. The maximum atomic E-state index is 4.56. The molecule has 1 N–H and O–H groups in total. The van der Waals surface area contributed by atoms with Crippen molar-refractivity contribution in [1.29, 1.82) is 0 Å². The van der Waals surface area contributed by atoms with E-state index in [1.165, 1.54) is 6.42 Å². The highest BCUT2D eigenvalue weighted by molar-refractivity contribution is 7.97. The maximum Gasteiger partial charge on any atom is 0.0961 e. The van der Waals surface area contributed by atoms with E-state index in [9.17, 15) is 0 Å². The average molecular weight is 257 g/mol. The number of hydrogen-bond donors (Lipinski definition) is 1. The van der Waals surface area contributed by atoms with Gasteiger partial charge in [-0.15, -0.1) is 0 Å². The van der Waals surface area contributed by atoms with Crippen molar-refractivity contribution in [1.82, 2.24) is 9.62 Å². The van der Waals surface area contributed by atoms with Crippen LogP contribution in [0.25, 0.3) is 0 Å². The molecule has 0 aromatic heterocycles. The Labute approximate surface area is 111 Å². The summed E-state index contributed by atoms with van der Waals surface area (Å²) in [6, 6.07) is 0. The molecule has 3 nitrogen and oxygen atoms in total. The van der Waals surface area contributed by atoms with Crippen LogP contribution in [0.3, 0.4) is 0 Å². The van der Waals surface area contributed by atoms with Crippen molar-refractivity contribution < 1.29 is 0 Å². The van der Waals surface area contributed by atoms with Gasteiger partial charge in [0.15, 0.2) is 0 Å². The van der Waals surface area contributed by atoms with E-state index in [0.29, 0.717) is 0 Å². The third-order valence-corrected chi connectivity index (χ3v) is 3.44. The second-order valence-electron chi connectivity index (χ2n) is 3.96. The molecule has 0 bridgehead atoms. The fourth-order valence-electron chi connectivity index (χ4n) is 1.39. The lowest BCUT2D eigenvalue weighted by atomic mass is 10.3. The largest absolute Gasteiger partial charge is 0.361 e. The maximum absolute atomic E-state index is 4.56. The van der Waals surface area contributed by atoms with Gasteiger partial charge < -0.3 is 4.90 Å². The number of amidine groups is 1. The minimum atomic E-state index is 0.724. The molecule has 0 saturated carbocycles. The Hall–Kier alpha value is -0.480. The van der Waals surface area contributed by atoms with E-state index in [4.69, 9.17) is 0 Å². The standard InChI is InChI=1S/C13H27N3S/c1-6-9-17-15-11-12(4)10-14-13(5)16(7-2)8-3/h15H,4,6-11H2,1-3,5H3.